The molecule has 0 aromatic carbocycles. The third-order valence-corrected chi connectivity index (χ3v) is 3.71. The van der Waals surface area contributed by atoms with Gasteiger partial charge >= 0.3 is 0 Å². The van der Waals surface area contributed by atoms with E-state index in [0.29, 0.717) is 11.8 Å². The van der Waals surface area contributed by atoms with E-state index >= 15 is 0 Å². The first kappa shape index (κ1) is 13.2. The summed E-state index contributed by atoms with van der Waals surface area (Å²) in [4.78, 5) is 17.8. The Morgan fingerprint density at radius 2 is 2.17 bits per heavy atom. The largest absolute Gasteiger partial charge is 0.300 e. The Hall–Kier alpha value is -1.22. The lowest BCUT2D eigenvalue weighted by Gasteiger charge is -2.35. The fraction of sp³-hybridized carbons (Fsp3) is 0.600. The van der Waals surface area contributed by atoms with E-state index in [9.17, 15) is 4.79 Å². The predicted octanol–water partition coefficient (Wildman–Crippen LogP) is 2.46. The maximum atomic E-state index is 11.3. The fourth-order valence-corrected chi connectivity index (χ4v) is 2.74. The number of ketones is 1. The van der Waals surface area contributed by atoms with Crippen molar-refractivity contribution < 1.29 is 4.79 Å². The summed E-state index contributed by atoms with van der Waals surface area (Å²) in [5.41, 5.74) is 1.33. The Kier molecular flexibility index (Phi) is 4.88. The average Bonchev–Trinajstić information content (AvgIpc) is 2.38. The van der Waals surface area contributed by atoms with Crippen molar-refractivity contribution in [3.8, 4) is 0 Å². The zero-order valence-corrected chi connectivity index (χ0v) is 11.1. The van der Waals surface area contributed by atoms with Crippen LogP contribution in [0, 0.1) is 0 Å². The highest BCUT2D eigenvalue weighted by Gasteiger charge is 2.22. The van der Waals surface area contributed by atoms with Crippen LogP contribution in [0.5, 0.6) is 0 Å². The van der Waals surface area contributed by atoms with E-state index < -0.39 is 0 Å². The van der Waals surface area contributed by atoms with Gasteiger partial charge < -0.3 is 0 Å². The van der Waals surface area contributed by atoms with E-state index in [4.69, 9.17) is 0 Å². The second-order valence-corrected chi connectivity index (χ2v) is 5.20. The van der Waals surface area contributed by atoms with Gasteiger partial charge in [0.05, 0.1) is 0 Å². The quantitative estimate of drug-likeness (QED) is 0.800. The summed E-state index contributed by atoms with van der Waals surface area (Å²) < 4.78 is 0. The zero-order chi connectivity index (χ0) is 12.8. The van der Waals surface area contributed by atoms with Crippen molar-refractivity contribution in [1.29, 1.82) is 0 Å². The average molecular weight is 246 g/mol. The van der Waals surface area contributed by atoms with Crippen LogP contribution in [0.25, 0.3) is 0 Å². The molecule has 1 unspecified atom stereocenters. The molecule has 2 heterocycles. The van der Waals surface area contributed by atoms with Gasteiger partial charge in [0.15, 0.2) is 0 Å². The Bertz CT molecular complexity index is 377. The first-order valence-electron chi connectivity index (χ1n) is 6.88. The standard InChI is InChI=1S/C15H22N2O/c1-13(18)12-15-4-2-3-10-17(15)11-7-14-5-8-16-9-6-14/h5-6,8-9,15H,2-4,7,10-12H2,1H3. The third-order valence-electron chi connectivity index (χ3n) is 3.71. The van der Waals surface area contributed by atoms with Crippen LogP contribution < -0.4 is 0 Å². The molecular formula is C15H22N2O. The number of hydrogen-bond acceptors (Lipinski definition) is 3. The molecule has 18 heavy (non-hydrogen) atoms. The molecule has 1 saturated heterocycles. The van der Waals surface area contributed by atoms with Gasteiger partial charge in [-0.2, -0.15) is 0 Å². The van der Waals surface area contributed by atoms with Gasteiger partial charge in [-0.1, -0.05) is 6.42 Å². The van der Waals surface area contributed by atoms with E-state index in [1.165, 1.54) is 24.8 Å². The second-order valence-electron chi connectivity index (χ2n) is 5.20. The molecule has 1 aliphatic heterocycles. The predicted molar refractivity (Wildman–Crippen MR) is 72.5 cm³/mol. The van der Waals surface area contributed by atoms with Gasteiger partial charge in [0.1, 0.15) is 5.78 Å². The van der Waals surface area contributed by atoms with Crippen molar-refractivity contribution in [1.82, 2.24) is 9.88 Å². The van der Waals surface area contributed by atoms with Crippen LogP contribution >= 0.6 is 0 Å². The number of aromatic nitrogens is 1. The number of piperidine rings is 1. The van der Waals surface area contributed by atoms with Crippen LogP contribution in [-0.4, -0.2) is 34.8 Å². The molecule has 1 aromatic heterocycles. The summed E-state index contributed by atoms with van der Waals surface area (Å²) in [5.74, 6) is 0.316. The lowest BCUT2D eigenvalue weighted by molar-refractivity contribution is -0.118. The van der Waals surface area contributed by atoms with Gasteiger partial charge in [0, 0.05) is 31.4 Å². The minimum absolute atomic E-state index is 0.316. The van der Waals surface area contributed by atoms with Crippen LogP contribution in [0.1, 0.15) is 38.2 Å². The van der Waals surface area contributed by atoms with Gasteiger partial charge in [-0.05, 0) is 50.4 Å². The summed E-state index contributed by atoms with van der Waals surface area (Å²) in [7, 11) is 0. The number of carbonyl (C=O) groups is 1. The first-order valence-corrected chi connectivity index (χ1v) is 6.88. The molecule has 98 valence electrons. The zero-order valence-electron chi connectivity index (χ0n) is 11.1. The molecule has 2 rings (SSSR count). The smallest absolute Gasteiger partial charge is 0.131 e. The molecule has 1 atom stereocenters. The van der Waals surface area contributed by atoms with Crippen molar-refractivity contribution in [3.63, 3.8) is 0 Å². The SMILES string of the molecule is CC(=O)CC1CCCCN1CCc1ccncc1. The first-order chi connectivity index (χ1) is 8.75. The molecule has 1 aromatic rings. The number of rotatable bonds is 5. The molecule has 0 spiro atoms. The summed E-state index contributed by atoms with van der Waals surface area (Å²) in [6.07, 6.45) is 9.18. The summed E-state index contributed by atoms with van der Waals surface area (Å²) in [6.45, 7) is 3.90. The monoisotopic (exact) mass is 246 g/mol. The van der Waals surface area contributed by atoms with Crippen LogP contribution in [0.4, 0.5) is 0 Å². The summed E-state index contributed by atoms with van der Waals surface area (Å²) in [5, 5.41) is 0. The lowest BCUT2D eigenvalue weighted by atomic mass is 9.97. The highest BCUT2D eigenvalue weighted by molar-refractivity contribution is 5.76. The second kappa shape index (κ2) is 6.64. The molecule has 0 aliphatic carbocycles. The van der Waals surface area contributed by atoms with Crippen LogP contribution in [-0.2, 0) is 11.2 Å². The number of likely N-dealkylation sites (tertiary alicyclic amines) is 1. The molecule has 3 nitrogen and oxygen atoms in total. The lowest BCUT2D eigenvalue weighted by Crippen LogP contribution is -2.41. The summed E-state index contributed by atoms with van der Waals surface area (Å²) >= 11 is 0. The molecular weight excluding hydrogens is 224 g/mol. The van der Waals surface area contributed by atoms with E-state index in [2.05, 4.69) is 22.0 Å². The van der Waals surface area contributed by atoms with Gasteiger partial charge in [-0.25, -0.2) is 0 Å². The maximum Gasteiger partial charge on any atom is 0.131 e. The molecule has 1 fully saturated rings. The van der Waals surface area contributed by atoms with Crippen molar-refractivity contribution in [2.45, 2.75) is 45.1 Å². The fourth-order valence-electron chi connectivity index (χ4n) is 2.74. The van der Waals surface area contributed by atoms with Gasteiger partial charge in [0.2, 0.25) is 0 Å². The third kappa shape index (κ3) is 3.91. The van der Waals surface area contributed by atoms with Gasteiger partial charge in [0.25, 0.3) is 0 Å². The highest BCUT2D eigenvalue weighted by Crippen LogP contribution is 2.20. The number of carbonyl (C=O) groups excluding carboxylic acids is 1. The molecule has 0 bridgehead atoms. The maximum absolute atomic E-state index is 11.3. The van der Waals surface area contributed by atoms with Crippen LogP contribution in [0.15, 0.2) is 24.5 Å². The number of Topliss-reactive ketones (excluding diaryl/α,β-unsaturated/α-hetero) is 1. The Morgan fingerprint density at radius 3 is 2.89 bits per heavy atom. The van der Waals surface area contributed by atoms with Gasteiger partial charge in [-0.15, -0.1) is 0 Å². The number of nitrogens with zero attached hydrogens (tertiary/aromatic N) is 2. The van der Waals surface area contributed by atoms with E-state index in [1.807, 2.05) is 12.4 Å². The molecule has 3 heteroatoms. The van der Waals surface area contributed by atoms with Crippen molar-refractivity contribution in [2.75, 3.05) is 13.1 Å². The molecule has 0 amide bonds. The Morgan fingerprint density at radius 1 is 1.39 bits per heavy atom. The Balaban J connectivity index is 1.87. The van der Waals surface area contributed by atoms with E-state index in [-0.39, 0.29) is 0 Å². The normalized spacial score (nSPS) is 20.8. The minimum atomic E-state index is 0.316. The number of hydrogen-bond donors (Lipinski definition) is 0. The Labute approximate surface area is 109 Å². The van der Waals surface area contributed by atoms with Crippen LogP contribution in [0.3, 0.4) is 0 Å². The van der Waals surface area contributed by atoms with Crippen molar-refractivity contribution in [2.24, 2.45) is 0 Å². The summed E-state index contributed by atoms with van der Waals surface area (Å²) in [6, 6.07) is 4.62. The topological polar surface area (TPSA) is 33.2 Å². The minimum Gasteiger partial charge on any atom is -0.300 e. The molecule has 0 radical (unpaired) electrons. The molecule has 1 aliphatic rings. The van der Waals surface area contributed by atoms with Crippen molar-refractivity contribution in [3.05, 3.63) is 30.1 Å². The van der Waals surface area contributed by atoms with Crippen molar-refractivity contribution >= 4 is 5.78 Å². The van der Waals surface area contributed by atoms with E-state index in [0.717, 1.165) is 25.9 Å². The molecule has 0 saturated carbocycles. The van der Waals surface area contributed by atoms with Crippen LogP contribution in [0.2, 0.25) is 0 Å². The number of pyridine rings is 1. The van der Waals surface area contributed by atoms with Gasteiger partial charge in [-0.3, -0.25) is 14.7 Å². The van der Waals surface area contributed by atoms with E-state index in [1.54, 1.807) is 6.92 Å². The molecule has 0 N–H and O–H groups in total. The highest BCUT2D eigenvalue weighted by atomic mass is 16.1.